The first-order valence-corrected chi connectivity index (χ1v) is 8.25. The van der Waals surface area contributed by atoms with Crippen molar-refractivity contribution in [3.05, 3.63) is 29.3 Å². The number of amides is 1. The van der Waals surface area contributed by atoms with Gasteiger partial charge >= 0.3 is 5.97 Å². The van der Waals surface area contributed by atoms with Crippen molar-refractivity contribution >= 4 is 23.5 Å². The largest absolute Gasteiger partial charge is 0.484 e. The molecule has 2 N–H and O–H groups in total. The van der Waals surface area contributed by atoms with Crippen molar-refractivity contribution in [2.45, 2.75) is 31.3 Å². The van der Waals surface area contributed by atoms with E-state index in [1.165, 1.54) is 7.11 Å². The zero-order chi connectivity index (χ0) is 17.6. The quantitative estimate of drug-likeness (QED) is 0.762. The van der Waals surface area contributed by atoms with Gasteiger partial charge in [0.1, 0.15) is 5.75 Å². The molecule has 1 amide bonds. The third-order valence-electron chi connectivity index (χ3n) is 4.25. The first kappa shape index (κ1) is 18.5. The van der Waals surface area contributed by atoms with Gasteiger partial charge in [-0.05, 0) is 49.9 Å². The Hall–Kier alpha value is -1.79. The van der Waals surface area contributed by atoms with Gasteiger partial charge in [-0.3, -0.25) is 9.59 Å². The van der Waals surface area contributed by atoms with Crippen molar-refractivity contribution in [1.29, 1.82) is 0 Å². The SMILES string of the molecule is COC(=O)C1CCC(O)(CNC(=O)COc2ccc(Cl)cc2)CC1. The topological polar surface area (TPSA) is 84.9 Å². The molecule has 0 aliphatic heterocycles. The highest BCUT2D eigenvalue weighted by Crippen LogP contribution is 2.32. The molecule has 6 nitrogen and oxygen atoms in total. The average molecular weight is 356 g/mol. The number of carbonyl (C=O) groups excluding carboxylic acids is 2. The van der Waals surface area contributed by atoms with E-state index in [0.29, 0.717) is 36.5 Å². The van der Waals surface area contributed by atoms with Crippen LogP contribution in [0.3, 0.4) is 0 Å². The maximum atomic E-state index is 11.8. The Morgan fingerprint density at radius 1 is 1.29 bits per heavy atom. The van der Waals surface area contributed by atoms with Crippen LogP contribution in [0.2, 0.25) is 5.02 Å². The number of carbonyl (C=O) groups is 2. The lowest BCUT2D eigenvalue weighted by atomic mass is 9.79. The lowest BCUT2D eigenvalue weighted by molar-refractivity contribution is -0.148. The summed E-state index contributed by atoms with van der Waals surface area (Å²) in [7, 11) is 1.37. The maximum Gasteiger partial charge on any atom is 0.308 e. The Morgan fingerprint density at radius 2 is 1.92 bits per heavy atom. The van der Waals surface area contributed by atoms with E-state index in [1.54, 1.807) is 24.3 Å². The number of ether oxygens (including phenoxy) is 2. The number of esters is 1. The highest BCUT2D eigenvalue weighted by atomic mass is 35.5. The molecular weight excluding hydrogens is 334 g/mol. The number of methoxy groups -OCH3 is 1. The Labute approximate surface area is 146 Å². The van der Waals surface area contributed by atoms with Gasteiger partial charge in [0, 0.05) is 11.6 Å². The van der Waals surface area contributed by atoms with E-state index in [-0.39, 0.29) is 30.9 Å². The molecule has 0 radical (unpaired) electrons. The van der Waals surface area contributed by atoms with Crippen LogP contribution in [0.25, 0.3) is 0 Å². The number of hydrogen-bond donors (Lipinski definition) is 2. The Bertz CT molecular complexity index is 567. The zero-order valence-corrected chi connectivity index (χ0v) is 14.3. The number of hydrogen-bond acceptors (Lipinski definition) is 5. The van der Waals surface area contributed by atoms with E-state index in [1.807, 2.05) is 0 Å². The smallest absolute Gasteiger partial charge is 0.308 e. The number of halogens is 1. The molecule has 1 saturated carbocycles. The minimum atomic E-state index is -0.986. The van der Waals surface area contributed by atoms with Crippen molar-refractivity contribution < 1.29 is 24.2 Å². The third-order valence-corrected chi connectivity index (χ3v) is 4.50. The molecular formula is C17H22ClNO5. The fraction of sp³-hybridized carbons (Fsp3) is 0.529. The molecule has 1 aliphatic rings. The molecule has 0 heterocycles. The number of rotatable bonds is 6. The number of benzene rings is 1. The van der Waals surface area contributed by atoms with Gasteiger partial charge in [-0.15, -0.1) is 0 Å². The molecule has 1 aromatic carbocycles. The van der Waals surface area contributed by atoms with Crippen LogP contribution in [0, 0.1) is 5.92 Å². The maximum absolute atomic E-state index is 11.8. The molecule has 0 bridgehead atoms. The number of nitrogens with one attached hydrogen (secondary N) is 1. The van der Waals surface area contributed by atoms with Gasteiger partial charge in [-0.1, -0.05) is 11.6 Å². The normalized spacial score (nSPS) is 23.4. The molecule has 1 aliphatic carbocycles. The van der Waals surface area contributed by atoms with Gasteiger partial charge in [0.2, 0.25) is 0 Å². The van der Waals surface area contributed by atoms with Gasteiger partial charge in [0.05, 0.1) is 18.6 Å². The first-order chi connectivity index (χ1) is 11.4. The molecule has 1 fully saturated rings. The minimum absolute atomic E-state index is 0.136. The van der Waals surface area contributed by atoms with Crippen LogP contribution in [0.4, 0.5) is 0 Å². The van der Waals surface area contributed by atoms with Crippen LogP contribution < -0.4 is 10.1 Å². The summed E-state index contributed by atoms with van der Waals surface area (Å²) in [6, 6.07) is 6.71. The fourth-order valence-corrected chi connectivity index (χ4v) is 2.85. The number of aliphatic hydroxyl groups is 1. The molecule has 24 heavy (non-hydrogen) atoms. The summed E-state index contributed by atoms with van der Waals surface area (Å²) in [5.41, 5.74) is -0.986. The molecule has 7 heteroatoms. The molecule has 132 valence electrons. The molecule has 0 spiro atoms. The molecule has 0 aromatic heterocycles. The van der Waals surface area contributed by atoms with Crippen LogP contribution in [-0.4, -0.2) is 42.8 Å². The van der Waals surface area contributed by atoms with Crippen molar-refractivity contribution in [2.24, 2.45) is 5.92 Å². The van der Waals surface area contributed by atoms with E-state index in [0.717, 1.165) is 0 Å². The van der Waals surface area contributed by atoms with E-state index >= 15 is 0 Å². The molecule has 2 rings (SSSR count). The summed E-state index contributed by atoms with van der Waals surface area (Å²) < 4.78 is 10.1. The summed E-state index contributed by atoms with van der Waals surface area (Å²) in [5, 5.41) is 13.8. The summed E-state index contributed by atoms with van der Waals surface area (Å²) >= 11 is 5.77. The Morgan fingerprint density at radius 3 is 2.50 bits per heavy atom. The summed E-state index contributed by atoms with van der Waals surface area (Å²) in [6.07, 6.45) is 2.01. The second kappa shape index (κ2) is 8.35. The van der Waals surface area contributed by atoms with Crippen LogP contribution in [0.15, 0.2) is 24.3 Å². The first-order valence-electron chi connectivity index (χ1n) is 7.87. The molecule has 0 saturated heterocycles. The van der Waals surface area contributed by atoms with Crippen LogP contribution >= 0.6 is 11.6 Å². The van der Waals surface area contributed by atoms with E-state index in [4.69, 9.17) is 21.1 Å². The van der Waals surface area contributed by atoms with Crippen LogP contribution in [-0.2, 0) is 14.3 Å². The standard InChI is InChI=1S/C17H22ClNO5/c1-23-16(21)12-6-8-17(22,9-7-12)11-19-15(20)10-24-14-4-2-13(18)3-5-14/h2-5,12,22H,6-11H2,1H3,(H,19,20). The average Bonchev–Trinajstić information content (AvgIpc) is 2.59. The van der Waals surface area contributed by atoms with Crippen LogP contribution in [0.1, 0.15) is 25.7 Å². The molecule has 1 aromatic rings. The molecule has 0 atom stereocenters. The van der Waals surface area contributed by atoms with E-state index in [2.05, 4.69) is 5.32 Å². The van der Waals surface area contributed by atoms with Gasteiger partial charge < -0.3 is 19.9 Å². The van der Waals surface area contributed by atoms with Crippen molar-refractivity contribution in [3.63, 3.8) is 0 Å². The van der Waals surface area contributed by atoms with Gasteiger partial charge in [-0.25, -0.2) is 0 Å². The second-order valence-electron chi connectivity index (χ2n) is 6.04. The van der Waals surface area contributed by atoms with Gasteiger partial charge in [0.15, 0.2) is 6.61 Å². The second-order valence-corrected chi connectivity index (χ2v) is 6.48. The van der Waals surface area contributed by atoms with E-state index in [9.17, 15) is 14.7 Å². The Balaban J connectivity index is 1.71. The molecule has 0 unspecified atom stereocenters. The van der Waals surface area contributed by atoms with Crippen molar-refractivity contribution in [3.8, 4) is 5.75 Å². The highest BCUT2D eigenvalue weighted by molar-refractivity contribution is 6.30. The zero-order valence-electron chi connectivity index (χ0n) is 13.6. The lowest BCUT2D eigenvalue weighted by Crippen LogP contribution is -2.47. The highest BCUT2D eigenvalue weighted by Gasteiger charge is 2.36. The summed E-state index contributed by atoms with van der Waals surface area (Å²) in [4.78, 5) is 23.3. The third kappa shape index (κ3) is 5.39. The minimum Gasteiger partial charge on any atom is -0.484 e. The summed E-state index contributed by atoms with van der Waals surface area (Å²) in [5.74, 6) is -0.169. The van der Waals surface area contributed by atoms with Crippen molar-refractivity contribution in [1.82, 2.24) is 5.32 Å². The lowest BCUT2D eigenvalue weighted by Gasteiger charge is -2.35. The summed E-state index contributed by atoms with van der Waals surface area (Å²) in [6.45, 7) is 0.00615. The van der Waals surface area contributed by atoms with Gasteiger partial charge in [0.25, 0.3) is 5.91 Å². The van der Waals surface area contributed by atoms with Gasteiger partial charge in [-0.2, -0.15) is 0 Å². The monoisotopic (exact) mass is 355 g/mol. The fourth-order valence-electron chi connectivity index (χ4n) is 2.73. The van der Waals surface area contributed by atoms with Crippen LogP contribution in [0.5, 0.6) is 5.75 Å². The predicted octanol–water partition coefficient (Wildman–Crippen LogP) is 1.93. The Kier molecular flexibility index (Phi) is 6.45. The van der Waals surface area contributed by atoms with E-state index < -0.39 is 5.60 Å². The predicted molar refractivity (Wildman–Crippen MR) is 88.9 cm³/mol. The van der Waals surface area contributed by atoms with Crippen molar-refractivity contribution in [2.75, 3.05) is 20.3 Å².